The fourth-order valence-corrected chi connectivity index (χ4v) is 5.49. The Hall–Kier alpha value is -3.71. The summed E-state index contributed by atoms with van der Waals surface area (Å²) in [6.45, 7) is 8.02. The molecule has 1 aliphatic heterocycles. The van der Waals surface area contributed by atoms with E-state index in [1.54, 1.807) is 0 Å². The molecule has 4 aromatic rings. The molecule has 0 saturated carbocycles. The van der Waals surface area contributed by atoms with Crippen LogP contribution in [0.2, 0.25) is 0 Å². The number of rotatable bonds is 10. The standard InChI is InChI=1S/C33H39FN4O2/c1-2-40-32(39)18-15-26-9-11-27(12-10-26)19-24-36-20-5-22-37(23-6-21-36)33-35-30-7-3-4-8-31(30)38(33)25-28-13-16-29(34)17-14-28/h3-4,7-14,16-17H,2,5-6,15,18-25H2,1H3. The van der Waals surface area contributed by atoms with Crippen molar-refractivity contribution in [2.75, 3.05) is 44.2 Å². The van der Waals surface area contributed by atoms with E-state index >= 15 is 0 Å². The first-order chi connectivity index (χ1) is 19.6. The Morgan fingerprint density at radius 1 is 0.850 bits per heavy atom. The first-order valence-corrected chi connectivity index (χ1v) is 14.5. The van der Waals surface area contributed by atoms with Gasteiger partial charge in [0.15, 0.2) is 0 Å². The van der Waals surface area contributed by atoms with Crippen molar-refractivity contribution in [2.45, 2.75) is 45.6 Å². The van der Waals surface area contributed by atoms with Crippen molar-refractivity contribution in [3.05, 3.63) is 95.3 Å². The quantitative estimate of drug-likeness (QED) is 0.235. The molecule has 0 bridgehead atoms. The van der Waals surface area contributed by atoms with Gasteiger partial charge < -0.3 is 19.1 Å². The van der Waals surface area contributed by atoms with Crippen LogP contribution >= 0.6 is 0 Å². The third-order valence-electron chi connectivity index (χ3n) is 7.64. The number of benzene rings is 3. The lowest BCUT2D eigenvalue weighted by Crippen LogP contribution is -2.38. The zero-order chi connectivity index (χ0) is 27.7. The third-order valence-corrected chi connectivity index (χ3v) is 7.64. The number of halogens is 1. The van der Waals surface area contributed by atoms with E-state index in [2.05, 4.69) is 56.8 Å². The van der Waals surface area contributed by atoms with Gasteiger partial charge in [-0.3, -0.25) is 4.79 Å². The Morgan fingerprint density at radius 3 is 2.20 bits per heavy atom. The number of imidazole rings is 1. The molecule has 5 rings (SSSR count). The minimum Gasteiger partial charge on any atom is -0.466 e. The van der Waals surface area contributed by atoms with E-state index < -0.39 is 0 Å². The SMILES string of the molecule is CCOC(=O)CCc1ccc(CCN2CCCN(c3nc4ccccc4n3Cc3ccc(F)cc3)CCC2)cc1. The molecule has 1 aromatic heterocycles. The first kappa shape index (κ1) is 27.8. The summed E-state index contributed by atoms with van der Waals surface area (Å²) >= 11 is 0. The maximum absolute atomic E-state index is 13.5. The molecule has 3 aromatic carbocycles. The second-order valence-electron chi connectivity index (χ2n) is 10.5. The molecule has 0 N–H and O–H groups in total. The number of carbonyl (C=O) groups is 1. The molecule has 0 unspecified atom stereocenters. The smallest absolute Gasteiger partial charge is 0.306 e. The monoisotopic (exact) mass is 542 g/mol. The van der Waals surface area contributed by atoms with Crippen LogP contribution < -0.4 is 4.90 Å². The van der Waals surface area contributed by atoms with Crippen molar-refractivity contribution in [1.82, 2.24) is 14.5 Å². The van der Waals surface area contributed by atoms with Crippen LogP contribution in [0.5, 0.6) is 0 Å². The summed E-state index contributed by atoms with van der Waals surface area (Å²) < 4.78 is 20.8. The number of aryl methyl sites for hydroxylation is 1. The van der Waals surface area contributed by atoms with Gasteiger partial charge in [0.1, 0.15) is 5.82 Å². The maximum atomic E-state index is 13.5. The Labute approximate surface area is 236 Å². The van der Waals surface area contributed by atoms with Crippen LogP contribution in [0.25, 0.3) is 11.0 Å². The van der Waals surface area contributed by atoms with Gasteiger partial charge in [0.25, 0.3) is 0 Å². The second-order valence-corrected chi connectivity index (χ2v) is 10.5. The summed E-state index contributed by atoms with van der Waals surface area (Å²) in [7, 11) is 0. The van der Waals surface area contributed by atoms with Crippen molar-refractivity contribution >= 4 is 23.0 Å². The lowest BCUT2D eigenvalue weighted by Gasteiger charge is -2.31. The molecular weight excluding hydrogens is 503 g/mol. The van der Waals surface area contributed by atoms with E-state index in [0.29, 0.717) is 19.6 Å². The van der Waals surface area contributed by atoms with E-state index in [1.807, 2.05) is 25.1 Å². The molecule has 0 amide bonds. The molecule has 7 heteroatoms. The minimum absolute atomic E-state index is 0.132. The van der Waals surface area contributed by atoms with Crippen LogP contribution in [0, 0.1) is 5.82 Å². The normalized spacial score (nSPS) is 14.7. The van der Waals surface area contributed by atoms with Crippen molar-refractivity contribution in [1.29, 1.82) is 0 Å². The molecule has 6 nitrogen and oxygen atoms in total. The van der Waals surface area contributed by atoms with Gasteiger partial charge in [0, 0.05) is 26.1 Å². The fourth-order valence-electron chi connectivity index (χ4n) is 5.49. The van der Waals surface area contributed by atoms with Crippen LogP contribution in [0.1, 0.15) is 42.9 Å². The number of hydrogen-bond acceptors (Lipinski definition) is 5. The van der Waals surface area contributed by atoms with Crippen LogP contribution in [0.4, 0.5) is 10.3 Å². The lowest BCUT2D eigenvalue weighted by molar-refractivity contribution is -0.143. The predicted octanol–water partition coefficient (Wildman–Crippen LogP) is 5.86. The number of carbonyl (C=O) groups excluding carboxylic acids is 1. The topological polar surface area (TPSA) is 50.6 Å². The summed E-state index contributed by atoms with van der Waals surface area (Å²) in [6.07, 6.45) is 4.33. The second kappa shape index (κ2) is 13.6. The zero-order valence-corrected chi connectivity index (χ0v) is 23.4. The van der Waals surface area contributed by atoms with E-state index in [1.165, 1.54) is 23.3 Å². The zero-order valence-electron chi connectivity index (χ0n) is 23.4. The number of fused-ring (bicyclic) bond motifs is 1. The van der Waals surface area contributed by atoms with Gasteiger partial charge in [-0.25, -0.2) is 9.37 Å². The molecular formula is C33H39FN4O2. The molecule has 40 heavy (non-hydrogen) atoms. The molecule has 1 aliphatic rings. The summed E-state index contributed by atoms with van der Waals surface area (Å²) in [5.74, 6) is 0.658. The van der Waals surface area contributed by atoms with Gasteiger partial charge in [-0.2, -0.15) is 0 Å². The van der Waals surface area contributed by atoms with E-state index in [9.17, 15) is 9.18 Å². The van der Waals surface area contributed by atoms with Gasteiger partial charge in [-0.05, 0) is 86.7 Å². The van der Waals surface area contributed by atoms with Crippen LogP contribution in [-0.2, 0) is 28.9 Å². The van der Waals surface area contributed by atoms with Crippen LogP contribution in [0.3, 0.4) is 0 Å². The molecule has 1 saturated heterocycles. The van der Waals surface area contributed by atoms with Crippen LogP contribution in [0.15, 0.2) is 72.8 Å². The average molecular weight is 543 g/mol. The van der Waals surface area contributed by atoms with Gasteiger partial charge in [0.05, 0.1) is 24.2 Å². The summed E-state index contributed by atoms with van der Waals surface area (Å²) in [5.41, 5.74) is 5.68. The third kappa shape index (κ3) is 7.27. The predicted molar refractivity (Wildman–Crippen MR) is 158 cm³/mol. The number of para-hydroxylation sites is 2. The van der Waals surface area contributed by atoms with E-state index in [-0.39, 0.29) is 11.8 Å². The number of esters is 1. The van der Waals surface area contributed by atoms with E-state index in [4.69, 9.17) is 9.72 Å². The van der Waals surface area contributed by atoms with Crippen molar-refractivity contribution in [3.8, 4) is 0 Å². The Kier molecular flexibility index (Phi) is 9.45. The highest BCUT2D eigenvalue weighted by Gasteiger charge is 2.20. The minimum atomic E-state index is -0.212. The highest BCUT2D eigenvalue weighted by Crippen LogP contribution is 2.25. The molecule has 210 valence electrons. The molecule has 0 radical (unpaired) electrons. The van der Waals surface area contributed by atoms with Crippen molar-refractivity contribution < 1.29 is 13.9 Å². The molecule has 0 spiro atoms. The number of anilines is 1. The number of ether oxygens (including phenoxy) is 1. The Morgan fingerprint density at radius 2 is 1.50 bits per heavy atom. The summed E-state index contributed by atoms with van der Waals surface area (Å²) in [6, 6.07) is 23.7. The van der Waals surface area contributed by atoms with Gasteiger partial charge in [-0.15, -0.1) is 0 Å². The highest BCUT2D eigenvalue weighted by atomic mass is 19.1. The summed E-state index contributed by atoms with van der Waals surface area (Å²) in [5, 5.41) is 0. The number of aromatic nitrogens is 2. The maximum Gasteiger partial charge on any atom is 0.306 e. The highest BCUT2D eigenvalue weighted by molar-refractivity contribution is 5.79. The molecule has 1 fully saturated rings. The average Bonchev–Trinajstić information content (AvgIpc) is 3.31. The van der Waals surface area contributed by atoms with Crippen molar-refractivity contribution in [2.24, 2.45) is 0 Å². The van der Waals surface area contributed by atoms with E-state index in [0.717, 1.165) is 81.0 Å². The van der Waals surface area contributed by atoms with Gasteiger partial charge in [0.2, 0.25) is 5.95 Å². The van der Waals surface area contributed by atoms with Gasteiger partial charge in [-0.1, -0.05) is 48.5 Å². The molecule has 0 aliphatic carbocycles. The Balaban J connectivity index is 1.16. The largest absolute Gasteiger partial charge is 0.466 e. The first-order valence-electron chi connectivity index (χ1n) is 14.5. The van der Waals surface area contributed by atoms with Crippen LogP contribution in [-0.4, -0.2) is 59.8 Å². The molecule has 0 atom stereocenters. The molecule has 2 heterocycles. The Bertz CT molecular complexity index is 1370. The van der Waals surface area contributed by atoms with Crippen molar-refractivity contribution in [3.63, 3.8) is 0 Å². The fraction of sp³-hybridized carbons (Fsp3) is 0.394. The number of nitrogens with zero attached hydrogens (tertiary/aromatic N) is 4. The number of hydrogen-bond donors (Lipinski definition) is 0. The van der Waals surface area contributed by atoms with Gasteiger partial charge >= 0.3 is 5.97 Å². The summed E-state index contributed by atoms with van der Waals surface area (Å²) in [4.78, 5) is 21.6. The lowest BCUT2D eigenvalue weighted by atomic mass is 10.1.